The molecule has 3 aliphatic heterocycles. The van der Waals surface area contributed by atoms with Gasteiger partial charge in [0, 0.05) is 62.7 Å². The summed E-state index contributed by atoms with van der Waals surface area (Å²) < 4.78 is 79.4. The number of halogens is 3. The number of benzene rings is 6. The Morgan fingerprint density at radius 3 is 0.874 bits per heavy atom. The van der Waals surface area contributed by atoms with E-state index in [0.717, 1.165) is 132 Å². The first-order valence-electron chi connectivity index (χ1n) is 35.2. The molecule has 19 nitrogen and oxygen atoms in total. The molecular weight excluding hydrogens is 1330 g/mol. The molecule has 0 aliphatic carbocycles. The van der Waals surface area contributed by atoms with Crippen LogP contribution in [0.4, 0.5) is 13.2 Å². The summed E-state index contributed by atoms with van der Waals surface area (Å²) >= 11 is 0. The molecule has 23 heteroatoms. The lowest BCUT2D eigenvalue weighted by molar-refractivity contribution is -0.0526. The van der Waals surface area contributed by atoms with Crippen molar-refractivity contribution in [3.05, 3.63) is 253 Å². The van der Waals surface area contributed by atoms with Crippen molar-refractivity contribution in [1.82, 2.24) is 58.5 Å². The van der Waals surface area contributed by atoms with E-state index in [-0.39, 0.29) is 0 Å². The van der Waals surface area contributed by atoms with Gasteiger partial charge in [-0.3, -0.25) is 18.9 Å². The van der Waals surface area contributed by atoms with E-state index >= 15 is 0 Å². The van der Waals surface area contributed by atoms with Gasteiger partial charge in [-0.05, 0) is 167 Å². The zero-order valence-electron chi connectivity index (χ0n) is 58.9. The van der Waals surface area contributed by atoms with E-state index in [1.807, 2.05) is 155 Å². The van der Waals surface area contributed by atoms with Gasteiger partial charge in [0.15, 0.2) is 34.4 Å². The van der Waals surface area contributed by atoms with Crippen LogP contribution in [-0.4, -0.2) is 170 Å². The molecule has 15 rings (SSSR count). The second-order valence-electron chi connectivity index (χ2n) is 24.4. The number of hydrogen-bond acceptors (Lipinski definition) is 16. The van der Waals surface area contributed by atoms with Gasteiger partial charge in [-0.25, -0.2) is 28.5 Å². The van der Waals surface area contributed by atoms with Crippen LogP contribution in [0.15, 0.2) is 218 Å². The van der Waals surface area contributed by atoms with Gasteiger partial charge < -0.3 is 19.3 Å². The Balaban J connectivity index is 0.000000153. The summed E-state index contributed by atoms with van der Waals surface area (Å²) in [6.07, 6.45) is 10.0. The summed E-state index contributed by atoms with van der Waals surface area (Å²) in [7, 11) is -3.89. The predicted molar refractivity (Wildman–Crippen MR) is 398 cm³/mol. The first kappa shape index (κ1) is 75.8. The summed E-state index contributed by atoms with van der Waals surface area (Å²) in [4.78, 5) is 21.6. The van der Waals surface area contributed by atoms with Gasteiger partial charge in [0.2, 0.25) is 0 Å². The molecule has 0 radical (unpaired) electrons. The number of likely N-dealkylation sites (tertiary alicyclic amines) is 3. The van der Waals surface area contributed by atoms with Crippen LogP contribution < -0.4 is 14.2 Å². The number of ether oxygens (including phenoxy) is 3. The predicted octanol–water partition coefficient (Wildman–Crippen LogP) is 14.5. The van der Waals surface area contributed by atoms with Crippen LogP contribution in [0.25, 0.3) is 50.7 Å². The van der Waals surface area contributed by atoms with Gasteiger partial charge in [-0.1, -0.05) is 159 Å². The van der Waals surface area contributed by atoms with Crippen LogP contribution in [0, 0.1) is 0 Å². The van der Waals surface area contributed by atoms with E-state index in [4.69, 9.17) is 49.6 Å². The van der Waals surface area contributed by atoms with Gasteiger partial charge in [0.25, 0.3) is 0 Å². The van der Waals surface area contributed by atoms with Crippen LogP contribution >= 0.6 is 0 Å². The zero-order chi connectivity index (χ0) is 72.2. The lowest BCUT2D eigenvalue weighted by Gasteiger charge is -2.14. The minimum Gasteiger partial charge on any atom is -0.492 e. The number of pyridine rings is 3. The maximum absolute atomic E-state index is 11.1. The van der Waals surface area contributed by atoms with Gasteiger partial charge >= 0.3 is 15.6 Å². The van der Waals surface area contributed by atoms with Crippen molar-refractivity contribution in [2.24, 2.45) is 0 Å². The molecule has 0 atom stereocenters. The topological polar surface area (TPSA) is 192 Å². The highest BCUT2D eigenvalue weighted by Crippen LogP contribution is 2.27. The third-order valence-electron chi connectivity index (χ3n) is 17.4. The minimum absolute atomic E-state index is 0.447. The summed E-state index contributed by atoms with van der Waals surface area (Å²) in [5.74, 6) is 5.23. The van der Waals surface area contributed by atoms with E-state index in [1.54, 1.807) is 0 Å². The number of alkyl halides is 3. The van der Waals surface area contributed by atoms with E-state index in [9.17, 15) is 21.6 Å². The molecule has 3 fully saturated rings. The van der Waals surface area contributed by atoms with Crippen molar-refractivity contribution < 1.29 is 45.1 Å². The third-order valence-corrected chi connectivity index (χ3v) is 18.4. The molecule has 0 saturated carbocycles. The molecule has 0 bridgehead atoms. The van der Waals surface area contributed by atoms with Crippen molar-refractivity contribution in [3.63, 3.8) is 0 Å². The Morgan fingerprint density at radius 1 is 0.379 bits per heavy atom. The van der Waals surface area contributed by atoms with Crippen molar-refractivity contribution in [3.8, 4) is 51.0 Å². The van der Waals surface area contributed by atoms with E-state index < -0.39 is 15.6 Å². The van der Waals surface area contributed by atoms with Gasteiger partial charge in [0.05, 0.1) is 24.2 Å². The van der Waals surface area contributed by atoms with Crippen LogP contribution in [0.2, 0.25) is 0 Å². The fourth-order valence-corrected chi connectivity index (χ4v) is 12.4. The molecular formula is C80H91F3N12O7S. The highest BCUT2D eigenvalue weighted by atomic mass is 32.2. The number of fused-ring (bicyclic) bond motifs is 3. The Morgan fingerprint density at radius 2 is 0.641 bits per heavy atom. The SMILES string of the molecule is CC.CO.COS(=O)(=O)C(F)(F)F.c1ccc(-c2cccc3nc(Cc4ccc(OCCN5CCCC5)cc4)nn23)cc1.c1ccc(-c2cccc3nc(Cc4ccc(OCCN5CCCC5)cc4)nn23)cc1.c1ccc(-c2cccc3nc(Cc4ccc(OCCN5CCCC5)cc4)nn23)cc1. The fourth-order valence-electron chi connectivity index (χ4n) is 12.2. The maximum atomic E-state index is 11.1. The molecule has 6 aromatic carbocycles. The van der Waals surface area contributed by atoms with Gasteiger partial charge in [-0.15, -0.1) is 0 Å². The first-order chi connectivity index (χ1) is 50.4. The Bertz CT molecular complexity index is 4160. The monoisotopic (exact) mass is 1420 g/mol. The Hall–Kier alpha value is -9.88. The van der Waals surface area contributed by atoms with Crippen molar-refractivity contribution >= 4 is 27.1 Å². The average molecular weight is 1420 g/mol. The van der Waals surface area contributed by atoms with Crippen LogP contribution in [0.3, 0.4) is 0 Å². The average Bonchev–Trinajstić information content (AvgIpc) is 1.72. The number of hydrogen-bond donors (Lipinski definition) is 1. The normalized spacial score (nSPS) is 13.9. The largest absolute Gasteiger partial charge is 0.523 e. The number of rotatable bonds is 22. The molecule has 0 spiro atoms. The van der Waals surface area contributed by atoms with Gasteiger partial charge in [-0.2, -0.15) is 36.9 Å². The standard InChI is InChI=1S/3C25H26N4O.C2H3F3O3S.C2H6.CH4O/c3*1-2-7-21(8-3-1)23-9-6-10-25-26-24(27-29(23)25)19-20-11-13-22(14-12-20)30-18-17-28-15-4-5-16-28;1-8-9(6,7)2(3,4)5;2*1-2/h3*1-3,6-14H,4-5,15-19H2;1H3;1-2H3;2H,1H3. The summed E-state index contributed by atoms with van der Waals surface area (Å²) in [6, 6.07) is 74.1. The first-order valence-corrected chi connectivity index (χ1v) is 36.6. The van der Waals surface area contributed by atoms with Crippen molar-refractivity contribution in [2.75, 3.05) is 92.9 Å². The molecule has 0 unspecified atom stereocenters. The van der Waals surface area contributed by atoms with E-state index in [2.05, 4.69) is 110 Å². The number of nitrogens with zero attached hydrogens (tertiary/aromatic N) is 12. The van der Waals surface area contributed by atoms with Crippen LogP contribution in [0.5, 0.6) is 17.2 Å². The van der Waals surface area contributed by atoms with Crippen LogP contribution in [-0.2, 0) is 33.6 Å². The lowest BCUT2D eigenvalue weighted by atomic mass is 10.1. The maximum Gasteiger partial charge on any atom is 0.523 e. The Labute approximate surface area is 601 Å². The molecule has 12 aromatic rings. The highest BCUT2D eigenvalue weighted by molar-refractivity contribution is 7.87. The molecule has 0 amide bonds. The summed E-state index contributed by atoms with van der Waals surface area (Å²) in [6.45, 7) is 16.5. The number of aromatic nitrogens is 9. The summed E-state index contributed by atoms with van der Waals surface area (Å²) in [5.41, 5.74) is 7.39. The second-order valence-corrected chi connectivity index (χ2v) is 26.2. The second kappa shape index (κ2) is 38.4. The third kappa shape index (κ3) is 21.8. The lowest BCUT2D eigenvalue weighted by Crippen LogP contribution is -2.25. The fraction of sp³-hybridized carbons (Fsp3) is 0.325. The Kier molecular flexibility index (Phi) is 28.3. The molecule has 103 heavy (non-hydrogen) atoms. The molecule has 6 aromatic heterocycles. The van der Waals surface area contributed by atoms with Gasteiger partial charge in [0.1, 0.15) is 37.1 Å². The molecule has 3 aliphatic rings. The van der Waals surface area contributed by atoms with Crippen molar-refractivity contribution in [1.29, 1.82) is 0 Å². The molecule has 1 N–H and O–H groups in total. The van der Waals surface area contributed by atoms with E-state index in [0.29, 0.717) is 26.4 Å². The molecule has 9 heterocycles. The molecule has 540 valence electrons. The van der Waals surface area contributed by atoms with E-state index in [1.165, 1.54) is 94.5 Å². The number of aliphatic hydroxyl groups excluding tert-OH is 1. The summed E-state index contributed by atoms with van der Waals surface area (Å²) in [5, 5.41) is 21.3. The quantitative estimate of drug-likeness (QED) is 0.0497. The van der Waals surface area contributed by atoms with Crippen molar-refractivity contribution in [2.45, 2.75) is 77.1 Å². The smallest absolute Gasteiger partial charge is 0.492 e. The highest BCUT2D eigenvalue weighted by Gasteiger charge is 2.46. The molecule has 3 saturated heterocycles. The number of aliphatic hydroxyl groups is 1. The minimum atomic E-state index is -5.34. The zero-order valence-corrected chi connectivity index (χ0v) is 59.8. The van der Waals surface area contributed by atoms with Crippen LogP contribution in [0.1, 0.15) is 86.5 Å².